The molecular formula is C15H16N2O3S. The number of hydrogen-bond donors (Lipinski definition) is 1. The molecule has 0 aliphatic rings. The first-order valence-electron chi connectivity index (χ1n) is 6.48. The largest absolute Gasteiger partial charge is 0.492 e. The van der Waals surface area contributed by atoms with Crippen LogP contribution in [0.1, 0.15) is 5.56 Å². The normalized spacial score (nSPS) is 10.3. The molecule has 21 heavy (non-hydrogen) atoms. The molecule has 110 valence electrons. The third kappa shape index (κ3) is 4.47. The van der Waals surface area contributed by atoms with Crippen molar-refractivity contribution >= 4 is 17.4 Å². The van der Waals surface area contributed by atoms with Crippen LogP contribution in [0.3, 0.4) is 0 Å². The summed E-state index contributed by atoms with van der Waals surface area (Å²) >= 11 is 1.70. The van der Waals surface area contributed by atoms with E-state index >= 15 is 0 Å². The highest BCUT2D eigenvalue weighted by Crippen LogP contribution is 2.24. The highest BCUT2D eigenvalue weighted by Gasteiger charge is 2.10. The van der Waals surface area contributed by atoms with E-state index in [4.69, 9.17) is 10.5 Å². The average molecular weight is 304 g/mol. The van der Waals surface area contributed by atoms with E-state index in [0.717, 1.165) is 5.75 Å². The van der Waals surface area contributed by atoms with Gasteiger partial charge in [0.25, 0.3) is 5.69 Å². The van der Waals surface area contributed by atoms with Crippen LogP contribution in [0.4, 0.5) is 5.69 Å². The number of nitrogens with zero attached hydrogens (tertiary/aromatic N) is 1. The minimum atomic E-state index is -0.436. The molecule has 0 saturated heterocycles. The number of nitro groups is 1. The lowest BCUT2D eigenvalue weighted by Crippen LogP contribution is -2.06. The fourth-order valence-corrected chi connectivity index (χ4v) is 2.56. The van der Waals surface area contributed by atoms with Gasteiger partial charge >= 0.3 is 0 Å². The third-order valence-corrected chi connectivity index (χ3v) is 3.80. The van der Waals surface area contributed by atoms with Crippen LogP contribution in [0.25, 0.3) is 0 Å². The Bertz CT molecular complexity index is 605. The first-order valence-corrected chi connectivity index (χ1v) is 7.47. The number of nitro benzene ring substituents is 1. The minimum Gasteiger partial charge on any atom is -0.492 e. The van der Waals surface area contributed by atoms with Gasteiger partial charge in [-0.25, -0.2) is 0 Å². The molecule has 0 radical (unpaired) electrons. The van der Waals surface area contributed by atoms with Crippen molar-refractivity contribution < 1.29 is 9.66 Å². The second kappa shape index (κ2) is 7.66. The summed E-state index contributed by atoms with van der Waals surface area (Å²) in [4.78, 5) is 11.5. The average Bonchev–Trinajstić information content (AvgIpc) is 2.52. The van der Waals surface area contributed by atoms with Gasteiger partial charge in [-0.2, -0.15) is 0 Å². The van der Waals surface area contributed by atoms with Crippen molar-refractivity contribution in [3.05, 3.63) is 64.2 Å². The van der Waals surface area contributed by atoms with E-state index in [0.29, 0.717) is 17.9 Å². The first kappa shape index (κ1) is 15.3. The van der Waals surface area contributed by atoms with Crippen molar-refractivity contribution in [3.8, 4) is 5.75 Å². The minimum absolute atomic E-state index is 0.0291. The first-order chi connectivity index (χ1) is 10.2. The lowest BCUT2D eigenvalue weighted by Gasteiger charge is -2.10. The summed E-state index contributed by atoms with van der Waals surface area (Å²) in [5.41, 5.74) is 6.28. The molecule has 0 aliphatic carbocycles. The molecule has 0 aromatic heterocycles. The van der Waals surface area contributed by atoms with Crippen LogP contribution >= 0.6 is 11.8 Å². The molecule has 0 fully saturated rings. The number of benzene rings is 2. The van der Waals surface area contributed by atoms with Crippen molar-refractivity contribution in [3.63, 3.8) is 0 Å². The van der Waals surface area contributed by atoms with Crippen LogP contribution in [-0.2, 0) is 6.54 Å². The number of nitrogens with two attached hydrogens (primary N) is 1. The van der Waals surface area contributed by atoms with E-state index < -0.39 is 4.92 Å². The predicted molar refractivity (Wildman–Crippen MR) is 83.6 cm³/mol. The van der Waals surface area contributed by atoms with E-state index in [9.17, 15) is 10.1 Å². The molecule has 0 bridgehead atoms. The summed E-state index contributed by atoms with van der Waals surface area (Å²) in [6, 6.07) is 14.5. The fraction of sp³-hybridized carbons (Fsp3) is 0.200. The van der Waals surface area contributed by atoms with E-state index in [2.05, 4.69) is 0 Å². The van der Waals surface area contributed by atoms with Gasteiger partial charge in [0.05, 0.1) is 11.5 Å². The summed E-state index contributed by atoms with van der Waals surface area (Å²) < 4.78 is 5.66. The molecule has 0 heterocycles. The third-order valence-electron chi connectivity index (χ3n) is 2.83. The molecule has 0 atom stereocenters. The Balaban J connectivity index is 1.89. The number of hydrogen-bond acceptors (Lipinski definition) is 5. The van der Waals surface area contributed by atoms with Crippen LogP contribution in [-0.4, -0.2) is 17.3 Å². The van der Waals surface area contributed by atoms with E-state index in [1.807, 2.05) is 30.3 Å². The maximum atomic E-state index is 10.7. The molecule has 2 N–H and O–H groups in total. The zero-order valence-corrected chi connectivity index (χ0v) is 12.2. The summed E-state index contributed by atoms with van der Waals surface area (Å²) in [5, 5.41) is 10.7. The van der Waals surface area contributed by atoms with Crippen LogP contribution < -0.4 is 10.5 Å². The Kier molecular flexibility index (Phi) is 5.59. The van der Waals surface area contributed by atoms with Gasteiger partial charge in [-0.05, 0) is 18.2 Å². The second-order valence-corrected chi connectivity index (χ2v) is 5.43. The molecular weight excluding hydrogens is 288 g/mol. The smallest absolute Gasteiger partial charge is 0.270 e. The van der Waals surface area contributed by atoms with Gasteiger partial charge in [-0.15, -0.1) is 11.8 Å². The van der Waals surface area contributed by atoms with Crippen molar-refractivity contribution in [2.24, 2.45) is 5.73 Å². The monoisotopic (exact) mass is 304 g/mol. The van der Waals surface area contributed by atoms with Gasteiger partial charge in [0, 0.05) is 34.9 Å². The van der Waals surface area contributed by atoms with Crippen molar-refractivity contribution in [2.75, 3.05) is 12.4 Å². The Hall–Kier alpha value is -2.05. The Labute approximate surface area is 127 Å². The topological polar surface area (TPSA) is 78.4 Å². The summed E-state index contributed by atoms with van der Waals surface area (Å²) in [6.45, 7) is 0.729. The zero-order valence-electron chi connectivity index (χ0n) is 11.4. The maximum Gasteiger partial charge on any atom is 0.270 e. The zero-order chi connectivity index (χ0) is 15.1. The Morgan fingerprint density at radius 1 is 1.19 bits per heavy atom. The van der Waals surface area contributed by atoms with Crippen molar-refractivity contribution in [2.45, 2.75) is 11.4 Å². The van der Waals surface area contributed by atoms with E-state index in [1.165, 1.54) is 17.0 Å². The van der Waals surface area contributed by atoms with Gasteiger partial charge in [0.15, 0.2) is 0 Å². The number of non-ortho nitro benzene ring substituents is 1. The Morgan fingerprint density at radius 3 is 2.62 bits per heavy atom. The molecule has 0 unspecified atom stereocenters. The maximum absolute atomic E-state index is 10.7. The lowest BCUT2D eigenvalue weighted by molar-refractivity contribution is -0.384. The summed E-state index contributed by atoms with van der Waals surface area (Å²) in [7, 11) is 0. The number of thioether (sulfide) groups is 1. The molecule has 2 rings (SSSR count). The molecule has 2 aromatic carbocycles. The van der Waals surface area contributed by atoms with E-state index in [-0.39, 0.29) is 12.2 Å². The van der Waals surface area contributed by atoms with Crippen LogP contribution in [0.2, 0.25) is 0 Å². The molecule has 0 spiro atoms. The molecule has 6 heteroatoms. The fourth-order valence-electron chi connectivity index (χ4n) is 1.81. The molecule has 0 amide bonds. The van der Waals surface area contributed by atoms with Gasteiger partial charge in [0.2, 0.25) is 0 Å². The van der Waals surface area contributed by atoms with Gasteiger partial charge < -0.3 is 10.5 Å². The number of ether oxygens (including phenoxy) is 1. The lowest BCUT2D eigenvalue weighted by atomic mass is 10.2. The van der Waals surface area contributed by atoms with Crippen LogP contribution in [0, 0.1) is 10.1 Å². The van der Waals surface area contributed by atoms with E-state index in [1.54, 1.807) is 17.8 Å². The Morgan fingerprint density at radius 2 is 1.95 bits per heavy atom. The van der Waals surface area contributed by atoms with Gasteiger partial charge in [-0.1, -0.05) is 18.2 Å². The van der Waals surface area contributed by atoms with Gasteiger partial charge in [-0.3, -0.25) is 10.1 Å². The molecule has 2 aromatic rings. The van der Waals surface area contributed by atoms with Crippen molar-refractivity contribution in [1.29, 1.82) is 0 Å². The summed E-state index contributed by atoms with van der Waals surface area (Å²) in [5.74, 6) is 1.40. The van der Waals surface area contributed by atoms with Crippen LogP contribution in [0.15, 0.2) is 53.4 Å². The molecule has 0 saturated carbocycles. The van der Waals surface area contributed by atoms with Crippen molar-refractivity contribution in [1.82, 2.24) is 0 Å². The highest BCUT2D eigenvalue weighted by molar-refractivity contribution is 7.99. The summed E-state index contributed by atoms with van der Waals surface area (Å²) in [6.07, 6.45) is 0. The quantitative estimate of drug-likeness (QED) is 0.368. The SMILES string of the molecule is NCc1cc([N+](=O)[O-])ccc1OCCSc1ccccc1. The molecule has 5 nitrogen and oxygen atoms in total. The second-order valence-electron chi connectivity index (χ2n) is 4.26. The van der Waals surface area contributed by atoms with Gasteiger partial charge in [0.1, 0.15) is 5.75 Å². The number of rotatable bonds is 7. The highest BCUT2D eigenvalue weighted by atomic mass is 32.2. The standard InChI is InChI=1S/C15H16N2O3S/c16-11-12-10-13(17(18)19)6-7-15(12)20-8-9-21-14-4-2-1-3-5-14/h1-7,10H,8-9,11,16H2. The van der Waals surface area contributed by atoms with Crippen LogP contribution in [0.5, 0.6) is 5.75 Å². The molecule has 0 aliphatic heterocycles. The predicted octanol–water partition coefficient (Wildman–Crippen LogP) is 3.22.